The SMILES string of the molecule is O=[N+]([O-])c1cc(C(F)(F)F)c(Cl)c([N+](=O)[O-])c1N/C1=C(Cl)/C=C(C(F)(F)F)\C=C/CCC1. The number of nitro groups is 2. The van der Waals surface area contributed by atoms with Gasteiger partial charge in [-0.15, -0.1) is 0 Å². The van der Waals surface area contributed by atoms with Crippen molar-refractivity contribution in [1.82, 2.24) is 0 Å². The van der Waals surface area contributed by atoms with E-state index in [0.29, 0.717) is 6.08 Å². The molecule has 0 spiro atoms. The fourth-order valence-electron chi connectivity index (χ4n) is 2.72. The Labute approximate surface area is 185 Å². The van der Waals surface area contributed by atoms with Crippen LogP contribution < -0.4 is 5.32 Å². The molecule has 15 heteroatoms. The number of rotatable bonds is 4. The Kier molecular flexibility index (Phi) is 7.45. The van der Waals surface area contributed by atoms with Crippen molar-refractivity contribution in [3.8, 4) is 0 Å². The zero-order valence-electron chi connectivity index (χ0n) is 15.5. The van der Waals surface area contributed by atoms with Gasteiger partial charge in [-0.3, -0.25) is 20.2 Å². The molecule has 7 nitrogen and oxygen atoms in total. The number of halogens is 8. The average molecular weight is 506 g/mol. The van der Waals surface area contributed by atoms with Crippen molar-refractivity contribution in [2.75, 3.05) is 5.32 Å². The van der Waals surface area contributed by atoms with Gasteiger partial charge in [-0.2, -0.15) is 26.3 Å². The summed E-state index contributed by atoms with van der Waals surface area (Å²) in [4.78, 5) is 20.2. The second-order valence-electron chi connectivity index (χ2n) is 6.34. The molecule has 1 aromatic rings. The van der Waals surface area contributed by atoms with Gasteiger partial charge in [0.15, 0.2) is 5.69 Å². The Morgan fingerprint density at radius 3 is 2.12 bits per heavy atom. The summed E-state index contributed by atoms with van der Waals surface area (Å²) in [5, 5.41) is 23.0. The molecule has 0 aliphatic heterocycles. The van der Waals surface area contributed by atoms with Crippen LogP contribution in [0.3, 0.4) is 0 Å². The third kappa shape index (κ3) is 5.71. The number of nitro benzene ring substituents is 2. The molecular weight excluding hydrogens is 495 g/mol. The molecule has 0 bridgehead atoms. The summed E-state index contributed by atoms with van der Waals surface area (Å²) >= 11 is 11.5. The molecule has 174 valence electrons. The first-order chi connectivity index (χ1) is 14.6. The minimum Gasteiger partial charge on any atom is -0.346 e. The van der Waals surface area contributed by atoms with E-state index < -0.39 is 60.5 Å². The Morgan fingerprint density at radius 1 is 1.00 bits per heavy atom. The molecule has 0 heterocycles. The van der Waals surface area contributed by atoms with E-state index in [1.165, 1.54) is 6.08 Å². The van der Waals surface area contributed by atoms with Crippen molar-refractivity contribution in [3.63, 3.8) is 0 Å². The lowest BCUT2D eigenvalue weighted by molar-refractivity contribution is -0.392. The van der Waals surface area contributed by atoms with Crippen molar-refractivity contribution in [2.24, 2.45) is 0 Å². The van der Waals surface area contributed by atoms with Crippen LogP contribution in [0.4, 0.5) is 43.4 Å². The van der Waals surface area contributed by atoms with E-state index in [0.717, 1.165) is 6.08 Å². The van der Waals surface area contributed by atoms with E-state index >= 15 is 0 Å². The van der Waals surface area contributed by atoms with Crippen LogP contribution in [0.2, 0.25) is 5.02 Å². The summed E-state index contributed by atoms with van der Waals surface area (Å²) in [7, 11) is 0. The third-order valence-electron chi connectivity index (χ3n) is 4.17. The van der Waals surface area contributed by atoms with Gasteiger partial charge in [-0.1, -0.05) is 35.4 Å². The molecule has 0 amide bonds. The number of alkyl halides is 6. The van der Waals surface area contributed by atoms with Gasteiger partial charge in [-0.05, 0) is 25.3 Å². The van der Waals surface area contributed by atoms with Crippen LogP contribution in [0, 0.1) is 20.2 Å². The highest BCUT2D eigenvalue weighted by Gasteiger charge is 2.42. The first-order valence-corrected chi connectivity index (χ1v) is 9.23. The molecule has 0 atom stereocenters. The van der Waals surface area contributed by atoms with Crippen molar-refractivity contribution in [2.45, 2.75) is 31.6 Å². The predicted octanol–water partition coefficient (Wildman–Crippen LogP) is 7.27. The monoisotopic (exact) mass is 505 g/mol. The first kappa shape index (κ1) is 25.5. The van der Waals surface area contributed by atoms with Crippen molar-refractivity contribution in [1.29, 1.82) is 0 Å². The maximum atomic E-state index is 13.2. The first-order valence-electron chi connectivity index (χ1n) is 8.48. The molecule has 2 rings (SSSR count). The fraction of sp³-hybridized carbons (Fsp3) is 0.294. The van der Waals surface area contributed by atoms with Crippen molar-refractivity contribution >= 4 is 40.3 Å². The topological polar surface area (TPSA) is 98.3 Å². The van der Waals surface area contributed by atoms with Crippen molar-refractivity contribution < 1.29 is 36.2 Å². The lowest BCUT2D eigenvalue weighted by Gasteiger charge is -2.16. The molecule has 0 aromatic heterocycles. The van der Waals surface area contributed by atoms with Crippen LogP contribution >= 0.6 is 23.2 Å². The standard InChI is InChI=1S/C17H11Cl2F6N3O4/c18-10-6-8(16(20,21)22)4-2-1-3-5-11(10)26-14-12(27(29)30)7-9(17(23,24)25)13(19)15(14)28(31)32/h2,4,6-7,26H,1,3,5H2/b4-2-,8-6+,11-10-. The van der Waals surface area contributed by atoms with Gasteiger partial charge in [-0.25, -0.2) is 0 Å². The Bertz CT molecular complexity index is 1050. The van der Waals surface area contributed by atoms with Gasteiger partial charge in [0.2, 0.25) is 0 Å². The van der Waals surface area contributed by atoms with Crippen LogP contribution in [0.25, 0.3) is 0 Å². The lowest BCUT2D eigenvalue weighted by Crippen LogP contribution is -2.13. The van der Waals surface area contributed by atoms with Crippen LogP contribution in [-0.2, 0) is 6.18 Å². The van der Waals surface area contributed by atoms with Gasteiger partial charge in [0.05, 0.1) is 26.0 Å². The summed E-state index contributed by atoms with van der Waals surface area (Å²) in [6, 6.07) is -0.000183. The molecule has 32 heavy (non-hydrogen) atoms. The Balaban J connectivity index is 2.78. The normalized spacial score (nSPS) is 20.4. The molecule has 1 N–H and O–H groups in total. The predicted molar refractivity (Wildman–Crippen MR) is 103 cm³/mol. The highest BCUT2D eigenvalue weighted by Crippen LogP contribution is 2.48. The quantitative estimate of drug-likeness (QED) is 0.263. The molecule has 1 aliphatic rings. The Morgan fingerprint density at radius 2 is 1.62 bits per heavy atom. The zero-order valence-corrected chi connectivity index (χ0v) is 17.0. The van der Waals surface area contributed by atoms with E-state index in [9.17, 15) is 46.6 Å². The van der Waals surface area contributed by atoms with Crippen LogP contribution in [0.5, 0.6) is 0 Å². The van der Waals surface area contributed by atoms with E-state index in [-0.39, 0.29) is 31.0 Å². The van der Waals surface area contributed by atoms with E-state index in [1.807, 2.05) is 0 Å². The van der Waals surface area contributed by atoms with Gasteiger partial charge in [0.25, 0.3) is 0 Å². The second kappa shape index (κ2) is 9.36. The van der Waals surface area contributed by atoms with Crippen LogP contribution in [0.1, 0.15) is 24.8 Å². The third-order valence-corrected chi connectivity index (χ3v) is 4.89. The van der Waals surface area contributed by atoms with Gasteiger partial charge < -0.3 is 5.32 Å². The van der Waals surface area contributed by atoms with Gasteiger partial charge >= 0.3 is 23.7 Å². The maximum Gasteiger partial charge on any atom is 0.418 e. The summed E-state index contributed by atoms with van der Waals surface area (Å²) in [6.45, 7) is 0. The zero-order chi connectivity index (χ0) is 24.4. The molecule has 0 saturated carbocycles. The number of hydrogen-bond donors (Lipinski definition) is 1. The van der Waals surface area contributed by atoms with Crippen LogP contribution in [0.15, 0.2) is 40.6 Å². The molecule has 0 saturated heterocycles. The van der Waals surface area contributed by atoms with Gasteiger partial charge in [0, 0.05) is 11.8 Å². The number of nitrogens with zero attached hydrogens (tertiary/aromatic N) is 2. The second-order valence-corrected chi connectivity index (χ2v) is 7.12. The van der Waals surface area contributed by atoms with E-state index in [1.54, 1.807) is 0 Å². The van der Waals surface area contributed by atoms with E-state index in [4.69, 9.17) is 23.2 Å². The number of benzene rings is 1. The number of hydrogen-bond acceptors (Lipinski definition) is 5. The number of nitrogens with one attached hydrogen (secondary N) is 1. The maximum absolute atomic E-state index is 13.2. The highest BCUT2D eigenvalue weighted by atomic mass is 35.5. The largest absolute Gasteiger partial charge is 0.418 e. The molecular formula is C17H11Cl2F6N3O4. The fourth-order valence-corrected chi connectivity index (χ4v) is 3.31. The minimum atomic E-state index is -5.25. The summed E-state index contributed by atoms with van der Waals surface area (Å²) < 4.78 is 79.0. The van der Waals surface area contributed by atoms with Crippen molar-refractivity contribution in [3.05, 3.63) is 71.4 Å². The molecule has 0 fully saturated rings. The highest BCUT2D eigenvalue weighted by molar-refractivity contribution is 6.34. The van der Waals surface area contributed by atoms with Gasteiger partial charge in [0.1, 0.15) is 5.02 Å². The number of anilines is 1. The Hall–Kier alpha value is -2.80. The summed E-state index contributed by atoms with van der Waals surface area (Å²) in [5.74, 6) is 0. The minimum absolute atomic E-state index is 0.000183. The molecule has 0 unspecified atom stereocenters. The average Bonchev–Trinajstić information content (AvgIpc) is 2.71. The summed E-state index contributed by atoms with van der Waals surface area (Å²) in [6.07, 6.45) is -7.41. The molecule has 1 aliphatic carbocycles. The molecule has 0 radical (unpaired) electrons. The number of allylic oxidation sites excluding steroid dienone is 6. The molecule has 1 aromatic carbocycles. The van der Waals surface area contributed by atoms with E-state index in [2.05, 4.69) is 5.32 Å². The van der Waals surface area contributed by atoms with Crippen LogP contribution in [-0.4, -0.2) is 16.0 Å². The lowest BCUT2D eigenvalue weighted by atomic mass is 10.1. The summed E-state index contributed by atoms with van der Waals surface area (Å²) in [5.41, 5.74) is -7.16. The smallest absolute Gasteiger partial charge is 0.346 e.